The molecule has 0 spiro atoms. The highest BCUT2D eigenvalue weighted by molar-refractivity contribution is 7.27. The van der Waals surface area contributed by atoms with E-state index < -0.39 is 0 Å². The summed E-state index contributed by atoms with van der Waals surface area (Å²) < 4.78 is 0. The lowest BCUT2D eigenvalue weighted by Crippen LogP contribution is -2.33. The van der Waals surface area contributed by atoms with E-state index in [2.05, 4.69) is 40.4 Å². The lowest BCUT2D eigenvalue weighted by atomic mass is 9.63. The first-order valence-electron chi connectivity index (χ1n) is 5.13. The largest absolute Gasteiger partial charge is 0.106 e. The van der Waals surface area contributed by atoms with E-state index in [4.69, 9.17) is 0 Å². The molecule has 0 amide bonds. The number of rotatable bonds is 2. The van der Waals surface area contributed by atoms with Crippen molar-refractivity contribution in [3.63, 3.8) is 0 Å². The molecular weight excluding hydrogens is 175 g/mol. The maximum absolute atomic E-state index is 2.79. The van der Waals surface area contributed by atoms with Crippen molar-refractivity contribution in [1.82, 2.24) is 0 Å². The third-order valence-electron chi connectivity index (χ3n) is 3.49. The van der Waals surface area contributed by atoms with Crippen LogP contribution >= 0.6 is 9.24 Å². The normalized spacial score (nSPS) is 19.5. The van der Waals surface area contributed by atoms with Crippen LogP contribution in [-0.2, 0) is 5.41 Å². The molecule has 0 aliphatic heterocycles. The van der Waals surface area contributed by atoms with Crippen LogP contribution in [0.2, 0.25) is 0 Å². The van der Waals surface area contributed by atoms with Gasteiger partial charge in [0, 0.05) is 0 Å². The van der Waals surface area contributed by atoms with Gasteiger partial charge in [-0.15, -0.1) is 9.24 Å². The molecule has 0 nitrogen and oxygen atoms in total. The maximum Gasteiger partial charge on any atom is -0.00493 e. The standard InChI is InChI=1S/C12H17P/c1-2-12(7-4-8-12)10-5-3-6-11(13)9-10/h3,5-6,9H,2,4,7-8,13H2,1H3. The van der Waals surface area contributed by atoms with Gasteiger partial charge < -0.3 is 0 Å². The average molecular weight is 192 g/mol. The number of hydrogen-bond donors (Lipinski definition) is 0. The van der Waals surface area contributed by atoms with Gasteiger partial charge in [-0.2, -0.15) is 0 Å². The molecule has 70 valence electrons. The van der Waals surface area contributed by atoms with Gasteiger partial charge in [0.15, 0.2) is 0 Å². The van der Waals surface area contributed by atoms with Crippen LogP contribution in [0.4, 0.5) is 0 Å². The highest BCUT2D eigenvalue weighted by Crippen LogP contribution is 2.45. The van der Waals surface area contributed by atoms with Crippen molar-refractivity contribution >= 4 is 14.5 Å². The van der Waals surface area contributed by atoms with Crippen LogP contribution in [0.25, 0.3) is 0 Å². The summed E-state index contributed by atoms with van der Waals surface area (Å²) in [6, 6.07) is 8.94. The van der Waals surface area contributed by atoms with Gasteiger partial charge in [-0.25, -0.2) is 0 Å². The Bertz CT molecular complexity index is 294. The molecule has 1 fully saturated rings. The van der Waals surface area contributed by atoms with E-state index in [1.54, 1.807) is 5.56 Å². The Balaban J connectivity index is 2.33. The number of hydrogen-bond acceptors (Lipinski definition) is 0. The lowest BCUT2D eigenvalue weighted by Gasteiger charge is -2.42. The van der Waals surface area contributed by atoms with E-state index in [0.29, 0.717) is 5.41 Å². The zero-order valence-corrected chi connectivity index (χ0v) is 9.37. The van der Waals surface area contributed by atoms with Gasteiger partial charge >= 0.3 is 0 Å². The minimum Gasteiger partial charge on any atom is -0.106 e. The number of benzene rings is 1. The predicted molar refractivity (Wildman–Crippen MR) is 61.6 cm³/mol. The van der Waals surface area contributed by atoms with Crippen molar-refractivity contribution < 1.29 is 0 Å². The molecule has 2 rings (SSSR count). The summed E-state index contributed by atoms with van der Waals surface area (Å²) >= 11 is 0. The van der Waals surface area contributed by atoms with Crippen molar-refractivity contribution in [2.75, 3.05) is 0 Å². The fourth-order valence-electron chi connectivity index (χ4n) is 2.32. The van der Waals surface area contributed by atoms with Crippen molar-refractivity contribution in [3.05, 3.63) is 29.8 Å². The maximum atomic E-state index is 2.79. The molecular formula is C12H17P. The summed E-state index contributed by atoms with van der Waals surface area (Å²) in [7, 11) is 2.79. The van der Waals surface area contributed by atoms with E-state index in [-0.39, 0.29) is 0 Å². The van der Waals surface area contributed by atoms with Gasteiger partial charge in [0.05, 0.1) is 0 Å². The van der Waals surface area contributed by atoms with Crippen molar-refractivity contribution in [2.45, 2.75) is 38.0 Å². The third kappa shape index (κ3) is 1.53. The molecule has 1 unspecified atom stereocenters. The minimum atomic E-state index is 0.534. The molecule has 1 aromatic carbocycles. The summed E-state index contributed by atoms with van der Waals surface area (Å²) in [6.07, 6.45) is 5.48. The summed E-state index contributed by atoms with van der Waals surface area (Å²) in [5, 5.41) is 1.32. The van der Waals surface area contributed by atoms with Gasteiger partial charge in [-0.1, -0.05) is 37.6 Å². The van der Waals surface area contributed by atoms with Crippen LogP contribution in [-0.4, -0.2) is 0 Å². The molecule has 1 aliphatic rings. The van der Waals surface area contributed by atoms with Crippen LogP contribution in [0.5, 0.6) is 0 Å². The zero-order chi connectivity index (χ0) is 9.31. The molecule has 0 heterocycles. The molecule has 0 bridgehead atoms. The molecule has 1 heteroatoms. The highest BCUT2D eigenvalue weighted by atomic mass is 31.0. The molecule has 1 atom stereocenters. The molecule has 13 heavy (non-hydrogen) atoms. The van der Waals surface area contributed by atoms with E-state index >= 15 is 0 Å². The SMILES string of the molecule is CCC1(c2cccc(P)c2)CCC1. The smallest absolute Gasteiger partial charge is 0.00493 e. The van der Waals surface area contributed by atoms with Crippen LogP contribution in [0, 0.1) is 0 Å². The fraction of sp³-hybridized carbons (Fsp3) is 0.500. The first kappa shape index (κ1) is 9.21. The second-order valence-corrected chi connectivity index (χ2v) is 4.78. The quantitative estimate of drug-likeness (QED) is 0.632. The molecule has 0 saturated heterocycles. The summed E-state index contributed by atoms with van der Waals surface area (Å²) in [5.41, 5.74) is 2.08. The zero-order valence-electron chi connectivity index (χ0n) is 8.22. The Morgan fingerprint density at radius 2 is 2.15 bits per heavy atom. The third-order valence-corrected chi connectivity index (χ3v) is 3.85. The second-order valence-electron chi connectivity index (χ2n) is 4.11. The van der Waals surface area contributed by atoms with Crippen molar-refractivity contribution in [2.24, 2.45) is 0 Å². The Labute approximate surface area is 82.9 Å². The first-order chi connectivity index (χ1) is 6.27. The Kier molecular flexibility index (Phi) is 2.43. The van der Waals surface area contributed by atoms with Gasteiger partial charge in [0.1, 0.15) is 0 Å². The molecule has 0 radical (unpaired) electrons. The van der Waals surface area contributed by atoms with E-state index in [1.165, 1.54) is 31.0 Å². The highest BCUT2D eigenvalue weighted by Gasteiger charge is 2.36. The van der Waals surface area contributed by atoms with Gasteiger partial charge in [-0.3, -0.25) is 0 Å². The van der Waals surface area contributed by atoms with Crippen LogP contribution < -0.4 is 5.30 Å². The predicted octanol–water partition coefficient (Wildman–Crippen LogP) is 3.02. The van der Waals surface area contributed by atoms with Crippen LogP contribution in [0.3, 0.4) is 0 Å². The van der Waals surface area contributed by atoms with E-state index in [1.807, 2.05) is 0 Å². The van der Waals surface area contributed by atoms with Crippen LogP contribution in [0.1, 0.15) is 38.2 Å². The summed E-state index contributed by atoms with van der Waals surface area (Å²) in [6.45, 7) is 2.31. The first-order valence-corrected chi connectivity index (χ1v) is 5.71. The topological polar surface area (TPSA) is 0 Å². The molecule has 1 aromatic rings. The Morgan fingerprint density at radius 1 is 1.38 bits per heavy atom. The molecule has 0 N–H and O–H groups in total. The molecule has 0 aromatic heterocycles. The molecule has 1 saturated carbocycles. The van der Waals surface area contributed by atoms with E-state index in [9.17, 15) is 0 Å². The average Bonchev–Trinajstić information content (AvgIpc) is 2.03. The van der Waals surface area contributed by atoms with Gasteiger partial charge in [-0.05, 0) is 35.5 Å². The van der Waals surface area contributed by atoms with Crippen LogP contribution in [0.15, 0.2) is 24.3 Å². The summed E-state index contributed by atoms with van der Waals surface area (Å²) in [4.78, 5) is 0. The van der Waals surface area contributed by atoms with Gasteiger partial charge in [0.25, 0.3) is 0 Å². The monoisotopic (exact) mass is 192 g/mol. The van der Waals surface area contributed by atoms with Gasteiger partial charge in [0.2, 0.25) is 0 Å². The Morgan fingerprint density at radius 3 is 2.62 bits per heavy atom. The molecule has 1 aliphatic carbocycles. The second kappa shape index (κ2) is 3.42. The fourth-order valence-corrected chi connectivity index (χ4v) is 2.61. The summed E-state index contributed by atoms with van der Waals surface area (Å²) in [5.74, 6) is 0. The van der Waals surface area contributed by atoms with E-state index in [0.717, 1.165) is 0 Å². The minimum absolute atomic E-state index is 0.534. The van der Waals surface area contributed by atoms with Crippen molar-refractivity contribution in [1.29, 1.82) is 0 Å². The van der Waals surface area contributed by atoms with Crippen molar-refractivity contribution in [3.8, 4) is 0 Å². The lowest BCUT2D eigenvalue weighted by molar-refractivity contribution is 0.235. The Hall–Kier alpha value is -0.350.